The Bertz CT molecular complexity index is 952. The van der Waals surface area contributed by atoms with Crippen LogP contribution in [0.4, 0.5) is 23.7 Å². The summed E-state index contributed by atoms with van der Waals surface area (Å²) in [4.78, 5) is 16.0. The lowest BCUT2D eigenvalue weighted by molar-refractivity contribution is -0.137. The second-order valence-corrected chi connectivity index (χ2v) is 5.96. The van der Waals surface area contributed by atoms with Gasteiger partial charge < -0.3 is 15.2 Å². The van der Waals surface area contributed by atoms with Crippen molar-refractivity contribution in [2.24, 2.45) is 0 Å². The highest BCUT2D eigenvalue weighted by Crippen LogP contribution is 2.31. The van der Waals surface area contributed by atoms with Crippen molar-refractivity contribution in [3.63, 3.8) is 0 Å². The van der Waals surface area contributed by atoms with Gasteiger partial charge in [-0.25, -0.2) is 4.79 Å². The van der Waals surface area contributed by atoms with Crippen molar-refractivity contribution >= 4 is 11.7 Å². The number of halogens is 3. The third kappa shape index (κ3) is 4.67. The molecule has 6 nitrogen and oxygen atoms in total. The zero-order valence-electron chi connectivity index (χ0n) is 14.9. The van der Waals surface area contributed by atoms with Crippen LogP contribution in [0.25, 0.3) is 22.8 Å². The van der Waals surface area contributed by atoms with Crippen molar-refractivity contribution in [3.8, 4) is 22.8 Å². The highest BCUT2D eigenvalue weighted by molar-refractivity contribution is 5.89. The maximum absolute atomic E-state index is 12.7. The summed E-state index contributed by atoms with van der Waals surface area (Å²) in [5.41, 5.74) is 0.762. The van der Waals surface area contributed by atoms with E-state index in [-0.39, 0.29) is 17.7 Å². The molecular formula is C19H17F3N4O2. The molecule has 2 amide bonds. The Hall–Kier alpha value is -3.36. The minimum absolute atomic E-state index is 0.0998. The standard InChI is InChI=1S/C19H17F3N4O2/c1-2-10-23-18(27)24-15-5-3-4-13(11-15)16-25-17(28-26-16)12-6-8-14(9-7-12)19(20,21)22/h3-9,11H,2,10H2,1H3,(H2,23,24,27). The second kappa shape index (κ2) is 8.12. The fraction of sp³-hybridized carbons (Fsp3) is 0.211. The number of anilines is 1. The number of carbonyl (C=O) groups is 1. The van der Waals surface area contributed by atoms with Crippen molar-refractivity contribution in [3.05, 3.63) is 54.1 Å². The number of amides is 2. The number of nitrogens with zero attached hydrogens (tertiary/aromatic N) is 2. The zero-order valence-corrected chi connectivity index (χ0v) is 14.9. The summed E-state index contributed by atoms with van der Waals surface area (Å²) >= 11 is 0. The van der Waals surface area contributed by atoms with E-state index in [1.807, 2.05) is 6.92 Å². The Morgan fingerprint density at radius 3 is 2.54 bits per heavy atom. The quantitative estimate of drug-likeness (QED) is 0.646. The molecule has 0 spiro atoms. The molecule has 3 rings (SSSR count). The Kier molecular flexibility index (Phi) is 5.62. The van der Waals surface area contributed by atoms with Crippen LogP contribution in [-0.4, -0.2) is 22.7 Å². The molecule has 1 heterocycles. The number of nitrogens with one attached hydrogen (secondary N) is 2. The van der Waals surface area contributed by atoms with E-state index in [1.165, 1.54) is 12.1 Å². The fourth-order valence-corrected chi connectivity index (χ4v) is 2.41. The van der Waals surface area contributed by atoms with Crippen LogP contribution in [0.2, 0.25) is 0 Å². The number of benzene rings is 2. The van der Waals surface area contributed by atoms with E-state index < -0.39 is 11.7 Å². The molecule has 1 aromatic heterocycles. The van der Waals surface area contributed by atoms with Gasteiger partial charge in [0.15, 0.2) is 0 Å². The van der Waals surface area contributed by atoms with Crippen molar-refractivity contribution in [1.29, 1.82) is 0 Å². The summed E-state index contributed by atoms with van der Waals surface area (Å²) < 4.78 is 43.1. The highest BCUT2D eigenvalue weighted by atomic mass is 19.4. The monoisotopic (exact) mass is 390 g/mol. The summed E-state index contributed by atoms with van der Waals surface area (Å²) in [7, 11) is 0. The van der Waals surface area contributed by atoms with Gasteiger partial charge in [0.1, 0.15) is 0 Å². The van der Waals surface area contributed by atoms with Gasteiger partial charge in [0.25, 0.3) is 5.89 Å². The Balaban J connectivity index is 1.77. The molecule has 0 aliphatic carbocycles. The average Bonchev–Trinajstić information content (AvgIpc) is 3.16. The van der Waals surface area contributed by atoms with E-state index in [4.69, 9.17) is 4.52 Å². The number of alkyl halides is 3. The number of aromatic nitrogens is 2. The van der Waals surface area contributed by atoms with Gasteiger partial charge in [0, 0.05) is 23.4 Å². The SMILES string of the molecule is CCCNC(=O)Nc1cccc(-c2noc(-c3ccc(C(F)(F)F)cc3)n2)c1. The summed E-state index contributed by atoms with van der Waals surface area (Å²) in [6.07, 6.45) is -3.58. The fourth-order valence-electron chi connectivity index (χ4n) is 2.41. The molecule has 2 aromatic carbocycles. The van der Waals surface area contributed by atoms with Crippen molar-refractivity contribution < 1.29 is 22.5 Å². The molecule has 0 unspecified atom stereocenters. The van der Waals surface area contributed by atoms with Gasteiger partial charge in [-0.15, -0.1) is 0 Å². The Morgan fingerprint density at radius 1 is 1.11 bits per heavy atom. The van der Waals surface area contributed by atoms with Gasteiger partial charge in [0.2, 0.25) is 5.82 Å². The van der Waals surface area contributed by atoms with Crippen LogP contribution in [0.3, 0.4) is 0 Å². The van der Waals surface area contributed by atoms with E-state index in [9.17, 15) is 18.0 Å². The molecule has 2 N–H and O–H groups in total. The maximum atomic E-state index is 12.7. The molecule has 3 aromatic rings. The molecule has 0 bridgehead atoms. The van der Waals surface area contributed by atoms with Crippen LogP contribution in [0.15, 0.2) is 53.1 Å². The lowest BCUT2D eigenvalue weighted by Crippen LogP contribution is -2.29. The minimum atomic E-state index is -4.41. The van der Waals surface area contributed by atoms with Crippen LogP contribution in [-0.2, 0) is 6.18 Å². The predicted octanol–water partition coefficient (Wildman–Crippen LogP) is 4.95. The van der Waals surface area contributed by atoms with Gasteiger partial charge in [-0.05, 0) is 42.8 Å². The molecule has 0 saturated heterocycles. The molecule has 0 saturated carbocycles. The zero-order chi connectivity index (χ0) is 20.1. The molecule has 0 aliphatic heterocycles. The topological polar surface area (TPSA) is 80.0 Å². The van der Waals surface area contributed by atoms with Crippen molar-refractivity contribution in [2.45, 2.75) is 19.5 Å². The average molecular weight is 390 g/mol. The van der Waals surface area contributed by atoms with Gasteiger partial charge in [0.05, 0.1) is 5.56 Å². The lowest BCUT2D eigenvalue weighted by Gasteiger charge is -2.07. The Labute approximate surface area is 158 Å². The van der Waals surface area contributed by atoms with Gasteiger partial charge >= 0.3 is 12.2 Å². The highest BCUT2D eigenvalue weighted by Gasteiger charge is 2.30. The third-order valence-electron chi connectivity index (χ3n) is 3.80. The van der Waals surface area contributed by atoms with E-state index in [0.717, 1.165) is 18.6 Å². The molecule has 0 aliphatic rings. The van der Waals surface area contributed by atoms with Crippen LogP contribution in [0.1, 0.15) is 18.9 Å². The molecule has 9 heteroatoms. The first-order chi connectivity index (χ1) is 13.4. The number of urea groups is 1. The minimum Gasteiger partial charge on any atom is -0.338 e. The van der Waals surface area contributed by atoms with Gasteiger partial charge in [-0.3, -0.25) is 0 Å². The van der Waals surface area contributed by atoms with Crippen LogP contribution in [0.5, 0.6) is 0 Å². The second-order valence-electron chi connectivity index (χ2n) is 5.96. The van der Waals surface area contributed by atoms with E-state index in [0.29, 0.717) is 23.4 Å². The number of carbonyl (C=O) groups excluding carboxylic acids is 1. The summed E-state index contributed by atoms with van der Waals surface area (Å²) in [5, 5.41) is 9.27. The summed E-state index contributed by atoms with van der Waals surface area (Å²) in [6.45, 7) is 2.51. The molecule has 0 fully saturated rings. The van der Waals surface area contributed by atoms with Gasteiger partial charge in [-0.1, -0.05) is 24.2 Å². The largest absolute Gasteiger partial charge is 0.416 e. The number of rotatable bonds is 5. The lowest BCUT2D eigenvalue weighted by atomic mass is 10.1. The van der Waals surface area contributed by atoms with E-state index >= 15 is 0 Å². The molecule has 146 valence electrons. The number of hydrogen-bond acceptors (Lipinski definition) is 4. The Morgan fingerprint density at radius 2 is 1.86 bits per heavy atom. The van der Waals surface area contributed by atoms with Crippen LogP contribution in [0, 0.1) is 0 Å². The molecule has 28 heavy (non-hydrogen) atoms. The third-order valence-corrected chi connectivity index (χ3v) is 3.80. The summed E-state index contributed by atoms with van der Waals surface area (Å²) in [6, 6.07) is 11.0. The van der Waals surface area contributed by atoms with Crippen molar-refractivity contribution in [1.82, 2.24) is 15.5 Å². The first kappa shape index (κ1) is 19.4. The normalized spacial score (nSPS) is 11.3. The summed E-state index contributed by atoms with van der Waals surface area (Å²) in [5.74, 6) is 0.357. The molecular weight excluding hydrogens is 373 g/mol. The molecule has 0 atom stereocenters. The van der Waals surface area contributed by atoms with Crippen molar-refractivity contribution in [2.75, 3.05) is 11.9 Å². The molecule has 0 radical (unpaired) electrons. The van der Waals surface area contributed by atoms with Crippen LogP contribution < -0.4 is 10.6 Å². The maximum Gasteiger partial charge on any atom is 0.416 e. The first-order valence-corrected chi connectivity index (χ1v) is 8.53. The van der Waals surface area contributed by atoms with E-state index in [1.54, 1.807) is 24.3 Å². The number of hydrogen-bond donors (Lipinski definition) is 2. The van der Waals surface area contributed by atoms with Crippen LogP contribution >= 0.6 is 0 Å². The van der Waals surface area contributed by atoms with Gasteiger partial charge in [-0.2, -0.15) is 18.2 Å². The predicted molar refractivity (Wildman–Crippen MR) is 97.5 cm³/mol. The first-order valence-electron chi connectivity index (χ1n) is 8.53. The smallest absolute Gasteiger partial charge is 0.338 e. The van der Waals surface area contributed by atoms with E-state index in [2.05, 4.69) is 20.8 Å².